The molecule has 116 valence electrons. The predicted molar refractivity (Wildman–Crippen MR) is 86.0 cm³/mol. The highest BCUT2D eigenvalue weighted by Gasteiger charge is 2.44. The van der Waals surface area contributed by atoms with Crippen LogP contribution in [0.1, 0.15) is 24.3 Å². The average molecular weight is 299 g/mol. The Bertz CT molecular complexity index is 690. The molecule has 0 radical (unpaired) electrons. The first-order valence-corrected chi connectivity index (χ1v) is 7.62. The molecule has 1 fully saturated rings. The molecule has 1 atom stereocenters. The van der Waals surface area contributed by atoms with E-state index in [0.717, 1.165) is 10.8 Å². The van der Waals surface area contributed by atoms with Gasteiger partial charge in [0.25, 0.3) is 0 Å². The predicted octanol–water partition coefficient (Wildman–Crippen LogP) is 2.46. The zero-order valence-corrected chi connectivity index (χ0v) is 12.7. The molecule has 2 aromatic rings. The van der Waals surface area contributed by atoms with Crippen LogP contribution in [-0.4, -0.2) is 46.8 Å². The summed E-state index contributed by atoms with van der Waals surface area (Å²) in [6, 6.07) is 13.5. The molecule has 1 aliphatic heterocycles. The highest BCUT2D eigenvalue weighted by atomic mass is 16.4. The molecular formula is C18H21NO3. The summed E-state index contributed by atoms with van der Waals surface area (Å²) >= 11 is 0. The van der Waals surface area contributed by atoms with Crippen LogP contribution >= 0.6 is 0 Å². The molecule has 0 unspecified atom stereocenters. The number of benzene rings is 2. The first kappa shape index (κ1) is 15.0. The van der Waals surface area contributed by atoms with Gasteiger partial charge in [0.1, 0.15) is 5.92 Å². The van der Waals surface area contributed by atoms with Crippen LogP contribution in [0, 0.1) is 0 Å². The Morgan fingerprint density at radius 3 is 2.41 bits per heavy atom. The fraction of sp³-hybridized carbons (Fsp3) is 0.389. The number of carbonyl (C=O) groups is 1. The molecule has 0 amide bonds. The lowest BCUT2D eigenvalue weighted by Gasteiger charge is -2.40. The Labute approximate surface area is 130 Å². The second-order valence-electron chi connectivity index (χ2n) is 6.28. The van der Waals surface area contributed by atoms with Gasteiger partial charge in [-0.2, -0.15) is 0 Å². The van der Waals surface area contributed by atoms with Gasteiger partial charge < -0.3 is 15.1 Å². The number of fused-ring (bicyclic) bond motifs is 1. The van der Waals surface area contributed by atoms with Crippen molar-refractivity contribution in [3.05, 3.63) is 48.0 Å². The van der Waals surface area contributed by atoms with Crippen LogP contribution in [0.5, 0.6) is 0 Å². The molecule has 0 aromatic heterocycles. The molecule has 22 heavy (non-hydrogen) atoms. The van der Waals surface area contributed by atoms with Gasteiger partial charge in [-0.15, -0.1) is 0 Å². The second-order valence-corrected chi connectivity index (χ2v) is 6.28. The zero-order valence-electron chi connectivity index (χ0n) is 12.7. The Hall–Kier alpha value is -1.91. The van der Waals surface area contributed by atoms with E-state index >= 15 is 0 Å². The normalized spacial score (nSPS) is 19.9. The number of aliphatic carboxylic acids is 1. The zero-order chi connectivity index (χ0) is 15.7. The average Bonchev–Trinajstić information content (AvgIpc) is 2.50. The lowest BCUT2D eigenvalue weighted by atomic mass is 9.75. The van der Waals surface area contributed by atoms with Gasteiger partial charge in [0, 0.05) is 13.1 Å². The van der Waals surface area contributed by atoms with Crippen LogP contribution in [0.25, 0.3) is 10.8 Å². The van der Waals surface area contributed by atoms with E-state index in [4.69, 9.17) is 0 Å². The van der Waals surface area contributed by atoms with Crippen molar-refractivity contribution < 1.29 is 15.0 Å². The van der Waals surface area contributed by atoms with E-state index in [-0.39, 0.29) is 0 Å². The minimum Gasteiger partial charge on any atom is -0.481 e. The Kier molecular flexibility index (Phi) is 3.89. The minimum atomic E-state index is -1.18. The Balaban J connectivity index is 2.01. The molecule has 4 nitrogen and oxygen atoms in total. The molecule has 0 saturated carbocycles. The van der Waals surface area contributed by atoms with Crippen LogP contribution in [0.15, 0.2) is 42.5 Å². The number of carboxylic acid groups (broad SMARTS) is 1. The van der Waals surface area contributed by atoms with Crippen LogP contribution in [-0.2, 0) is 4.79 Å². The van der Waals surface area contributed by atoms with E-state index in [1.54, 1.807) is 0 Å². The Morgan fingerprint density at radius 1 is 1.14 bits per heavy atom. The maximum atomic E-state index is 11.8. The quantitative estimate of drug-likeness (QED) is 0.914. The SMILES string of the molecule is CN1CCC(O)([C@@H](C(=O)O)c2ccc3ccccc3c2)CC1. The summed E-state index contributed by atoms with van der Waals surface area (Å²) in [5.41, 5.74) is -0.501. The summed E-state index contributed by atoms with van der Waals surface area (Å²) in [5.74, 6) is -1.84. The van der Waals surface area contributed by atoms with Gasteiger partial charge in [0.15, 0.2) is 0 Å². The summed E-state index contributed by atoms with van der Waals surface area (Å²) in [5, 5.41) is 22.7. The van der Waals surface area contributed by atoms with Gasteiger partial charge in [-0.1, -0.05) is 42.5 Å². The number of hydrogen-bond acceptors (Lipinski definition) is 3. The number of likely N-dealkylation sites (tertiary alicyclic amines) is 1. The van der Waals surface area contributed by atoms with Gasteiger partial charge in [-0.3, -0.25) is 4.79 Å². The largest absolute Gasteiger partial charge is 0.481 e. The van der Waals surface area contributed by atoms with E-state index < -0.39 is 17.5 Å². The van der Waals surface area contributed by atoms with Gasteiger partial charge in [-0.05, 0) is 36.2 Å². The third-order valence-electron chi connectivity index (χ3n) is 4.74. The summed E-state index contributed by atoms with van der Waals surface area (Å²) in [6.07, 6.45) is 0.959. The summed E-state index contributed by atoms with van der Waals surface area (Å²) in [6.45, 7) is 1.43. The number of aliphatic hydroxyl groups is 1. The van der Waals surface area contributed by atoms with Crippen molar-refractivity contribution in [1.82, 2.24) is 4.90 Å². The maximum absolute atomic E-state index is 11.8. The van der Waals surface area contributed by atoms with Crippen molar-refractivity contribution >= 4 is 16.7 Å². The highest BCUT2D eigenvalue weighted by molar-refractivity contribution is 5.86. The first-order valence-electron chi connectivity index (χ1n) is 7.62. The molecule has 0 bridgehead atoms. The van der Waals surface area contributed by atoms with Gasteiger partial charge in [0.05, 0.1) is 5.60 Å². The summed E-state index contributed by atoms with van der Waals surface area (Å²) in [4.78, 5) is 14.0. The van der Waals surface area contributed by atoms with E-state index in [2.05, 4.69) is 4.90 Å². The van der Waals surface area contributed by atoms with Crippen LogP contribution in [0.4, 0.5) is 0 Å². The van der Waals surface area contributed by atoms with Crippen molar-refractivity contribution in [2.75, 3.05) is 20.1 Å². The number of hydrogen-bond donors (Lipinski definition) is 2. The van der Waals surface area contributed by atoms with Gasteiger partial charge in [-0.25, -0.2) is 0 Å². The molecule has 0 spiro atoms. The fourth-order valence-electron chi connectivity index (χ4n) is 3.36. The Morgan fingerprint density at radius 2 is 1.77 bits per heavy atom. The van der Waals surface area contributed by atoms with Crippen molar-refractivity contribution in [2.45, 2.75) is 24.4 Å². The molecular weight excluding hydrogens is 278 g/mol. The summed E-state index contributed by atoms with van der Waals surface area (Å²) in [7, 11) is 1.99. The number of piperidine rings is 1. The third-order valence-corrected chi connectivity index (χ3v) is 4.74. The molecule has 4 heteroatoms. The standard InChI is InChI=1S/C18H21NO3/c1-19-10-8-18(22,9-11-19)16(17(20)21)15-7-6-13-4-2-3-5-14(13)12-15/h2-7,12,16,22H,8-11H2,1H3,(H,20,21)/t16-/m1/s1. The van der Waals surface area contributed by atoms with Crippen molar-refractivity contribution in [3.63, 3.8) is 0 Å². The molecule has 2 N–H and O–H groups in total. The smallest absolute Gasteiger partial charge is 0.313 e. The topological polar surface area (TPSA) is 60.8 Å². The maximum Gasteiger partial charge on any atom is 0.313 e. The van der Waals surface area contributed by atoms with E-state index in [0.29, 0.717) is 31.5 Å². The number of nitrogens with zero attached hydrogens (tertiary/aromatic N) is 1. The van der Waals surface area contributed by atoms with E-state index in [1.165, 1.54) is 0 Å². The van der Waals surface area contributed by atoms with Crippen LogP contribution in [0.2, 0.25) is 0 Å². The monoisotopic (exact) mass is 299 g/mol. The third kappa shape index (κ3) is 2.72. The van der Waals surface area contributed by atoms with Crippen LogP contribution in [0.3, 0.4) is 0 Å². The first-order chi connectivity index (χ1) is 10.5. The summed E-state index contributed by atoms with van der Waals surface area (Å²) < 4.78 is 0. The molecule has 1 saturated heterocycles. The molecule has 1 heterocycles. The molecule has 3 rings (SSSR count). The van der Waals surface area contributed by atoms with Gasteiger partial charge >= 0.3 is 5.97 Å². The highest BCUT2D eigenvalue weighted by Crippen LogP contribution is 2.37. The van der Waals surface area contributed by atoms with Crippen LogP contribution < -0.4 is 0 Å². The van der Waals surface area contributed by atoms with Crippen molar-refractivity contribution in [1.29, 1.82) is 0 Å². The lowest BCUT2D eigenvalue weighted by Crippen LogP contribution is -2.49. The van der Waals surface area contributed by atoms with Gasteiger partial charge in [0.2, 0.25) is 0 Å². The fourth-order valence-corrected chi connectivity index (χ4v) is 3.36. The molecule has 1 aliphatic rings. The van der Waals surface area contributed by atoms with Crippen molar-refractivity contribution in [3.8, 4) is 0 Å². The number of rotatable bonds is 3. The van der Waals surface area contributed by atoms with E-state index in [9.17, 15) is 15.0 Å². The van der Waals surface area contributed by atoms with Crippen molar-refractivity contribution in [2.24, 2.45) is 0 Å². The van der Waals surface area contributed by atoms with E-state index in [1.807, 2.05) is 49.5 Å². The molecule has 0 aliphatic carbocycles. The second kappa shape index (κ2) is 5.71. The minimum absolute atomic E-state index is 0.479. The molecule has 2 aromatic carbocycles. The lowest BCUT2D eigenvalue weighted by molar-refractivity contribution is -0.148. The number of carboxylic acids is 1.